The van der Waals surface area contributed by atoms with Crippen LogP contribution >= 0.6 is 11.8 Å². The third-order valence-corrected chi connectivity index (χ3v) is 4.58. The van der Waals surface area contributed by atoms with Crippen LogP contribution in [0.25, 0.3) is 0 Å². The van der Waals surface area contributed by atoms with Gasteiger partial charge in [0, 0.05) is 27.4 Å². The normalized spacial score (nSPS) is 28.7. The lowest BCUT2D eigenvalue weighted by molar-refractivity contribution is -0.137. The van der Waals surface area contributed by atoms with E-state index in [1.165, 1.54) is 0 Å². The second-order valence-corrected chi connectivity index (χ2v) is 5.53. The van der Waals surface area contributed by atoms with E-state index in [4.69, 9.17) is 15.0 Å². The van der Waals surface area contributed by atoms with Gasteiger partial charge in [0.2, 0.25) is 0 Å². The zero-order valence-electron chi connectivity index (χ0n) is 9.76. The van der Waals surface area contributed by atoms with E-state index in [9.17, 15) is 9.59 Å². The molecule has 0 bridgehead atoms. The molecule has 0 saturated carbocycles. The molecular formula is C10H16N2O5S. The molecule has 2 saturated heterocycles. The number of carboxylic acid groups (broad SMARTS) is 1. The van der Waals surface area contributed by atoms with Gasteiger partial charge in [-0.25, -0.2) is 4.79 Å². The topological polar surface area (TPSA) is 113 Å². The van der Waals surface area contributed by atoms with Crippen molar-refractivity contribution in [3.8, 4) is 0 Å². The molecule has 0 aromatic heterocycles. The van der Waals surface area contributed by atoms with Gasteiger partial charge < -0.3 is 15.7 Å². The van der Waals surface area contributed by atoms with E-state index in [-0.39, 0.29) is 24.5 Å². The SMILES string of the molecule is O=C(O)CCCC[C@H]1SC[C@H]2NC(=O)N[C@H]21.O=O. The van der Waals surface area contributed by atoms with E-state index in [1.807, 2.05) is 11.8 Å². The van der Waals surface area contributed by atoms with Crippen LogP contribution in [-0.2, 0) is 4.79 Å². The van der Waals surface area contributed by atoms with Crippen molar-refractivity contribution in [1.82, 2.24) is 10.6 Å². The molecule has 7 nitrogen and oxygen atoms in total. The Hall–Kier alpha value is -1.31. The predicted octanol–water partition coefficient (Wildman–Crippen LogP) is 0.864. The standard InChI is InChI=1S/C10H16N2O3S.O2/c13-8(14)4-2-1-3-7-9-6(5-16-7)11-10(15)12-9;1-2/h6-7,9H,1-5H2,(H,13,14)(H2,11,12,15);/t6-,7-,9-;/m1./s1. The molecule has 0 radical (unpaired) electrons. The number of carbonyl (C=O) groups excluding carboxylic acids is 1. The van der Waals surface area contributed by atoms with Crippen molar-refractivity contribution in [3.05, 3.63) is 9.93 Å². The highest BCUT2D eigenvalue weighted by Gasteiger charge is 2.42. The largest absolute Gasteiger partial charge is 0.481 e. The van der Waals surface area contributed by atoms with Crippen molar-refractivity contribution >= 4 is 23.8 Å². The fourth-order valence-corrected chi connectivity index (χ4v) is 3.81. The molecule has 3 N–H and O–H groups in total. The number of nitrogens with one attached hydrogen (secondary N) is 2. The molecular weight excluding hydrogens is 260 g/mol. The molecule has 2 rings (SSSR count). The first-order valence-corrected chi connectivity index (χ1v) is 6.79. The lowest BCUT2D eigenvalue weighted by atomic mass is 10.0. The van der Waals surface area contributed by atoms with Crippen molar-refractivity contribution in [1.29, 1.82) is 0 Å². The highest BCUT2D eigenvalue weighted by molar-refractivity contribution is 8.00. The summed E-state index contributed by atoms with van der Waals surface area (Å²) >= 11 is 1.87. The number of hydrogen-bond acceptors (Lipinski definition) is 5. The Labute approximate surface area is 108 Å². The monoisotopic (exact) mass is 276 g/mol. The second-order valence-electron chi connectivity index (χ2n) is 4.26. The first kappa shape index (κ1) is 14.7. The van der Waals surface area contributed by atoms with Crippen LogP contribution in [0.1, 0.15) is 25.7 Å². The number of hydrogen-bond donors (Lipinski definition) is 3. The van der Waals surface area contributed by atoms with Crippen molar-refractivity contribution in [2.75, 3.05) is 5.75 Å². The van der Waals surface area contributed by atoms with Gasteiger partial charge in [-0.15, -0.1) is 0 Å². The van der Waals surface area contributed by atoms with Crippen molar-refractivity contribution in [3.63, 3.8) is 0 Å². The summed E-state index contributed by atoms with van der Waals surface area (Å²) in [5, 5.41) is 14.8. The van der Waals surface area contributed by atoms with Gasteiger partial charge in [0.05, 0.1) is 12.1 Å². The number of urea groups is 1. The quantitative estimate of drug-likeness (QED) is 0.507. The van der Waals surface area contributed by atoms with Crippen LogP contribution in [0.5, 0.6) is 0 Å². The molecule has 2 amide bonds. The molecule has 102 valence electrons. The minimum absolute atomic E-state index is 0.0640. The van der Waals surface area contributed by atoms with Crippen molar-refractivity contribution in [2.24, 2.45) is 0 Å². The van der Waals surface area contributed by atoms with E-state index in [1.54, 1.807) is 0 Å². The Morgan fingerprint density at radius 3 is 2.72 bits per heavy atom. The van der Waals surface area contributed by atoms with Crippen LogP contribution in [0.4, 0.5) is 4.79 Å². The van der Waals surface area contributed by atoms with Gasteiger partial charge in [-0.2, -0.15) is 11.8 Å². The van der Waals surface area contributed by atoms with Gasteiger partial charge in [0.25, 0.3) is 0 Å². The molecule has 0 aliphatic carbocycles. The van der Waals surface area contributed by atoms with Gasteiger partial charge in [-0.1, -0.05) is 6.42 Å². The molecule has 0 aromatic carbocycles. The maximum Gasteiger partial charge on any atom is 0.315 e. The van der Waals surface area contributed by atoms with Crippen LogP contribution in [0, 0.1) is 9.93 Å². The minimum atomic E-state index is -0.729. The summed E-state index contributed by atoms with van der Waals surface area (Å²) in [4.78, 5) is 35.5. The molecule has 3 atom stereocenters. The number of thioether (sulfide) groups is 1. The maximum absolute atomic E-state index is 11.1. The Kier molecular flexibility index (Phi) is 5.90. The Morgan fingerprint density at radius 1 is 1.33 bits per heavy atom. The average Bonchev–Trinajstić information content (AvgIpc) is 2.87. The summed E-state index contributed by atoms with van der Waals surface area (Å²) in [6, 6.07) is 0.440. The highest BCUT2D eigenvalue weighted by atomic mass is 32.2. The first-order valence-electron chi connectivity index (χ1n) is 5.74. The fraction of sp³-hybridized carbons (Fsp3) is 0.800. The zero-order valence-corrected chi connectivity index (χ0v) is 10.6. The summed E-state index contributed by atoms with van der Waals surface area (Å²) in [5.74, 6) is 0.236. The summed E-state index contributed by atoms with van der Waals surface area (Å²) in [5.41, 5.74) is 0. The molecule has 0 spiro atoms. The number of fused-ring (bicyclic) bond motifs is 1. The molecule has 18 heavy (non-hydrogen) atoms. The van der Waals surface area contributed by atoms with E-state index in [2.05, 4.69) is 10.6 Å². The van der Waals surface area contributed by atoms with Crippen LogP contribution in [-0.4, -0.2) is 40.2 Å². The molecule has 2 aliphatic rings. The third kappa shape index (κ3) is 3.86. The first-order chi connectivity index (χ1) is 8.66. The third-order valence-electron chi connectivity index (χ3n) is 3.07. The highest BCUT2D eigenvalue weighted by Crippen LogP contribution is 2.33. The number of rotatable bonds is 5. The van der Waals surface area contributed by atoms with Gasteiger partial charge in [-0.05, 0) is 12.8 Å². The van der Waals surface area contributed by atoms with Crippen molar-refractivity contribution < 1.29 is 14.7 Å². The number of amides is 2. The van der Waals surface area contributed by atoms with E-state index >= 15 is 0 Å². The zero-order chi connectivity index (χ0) is 13.5. The summed E-state index contributed by atoms with van der Waals surface area (Å²) in [6.45, 7) is 0. The number of carbonyl (C=O) groups is 2. The van der Waals surface area contributed by atoms with E-state index in [0.717, 1.165) is 25.0 Å². The lowest BCUT2D eigenvalue weighted by Gasteiger charge is -2.16. The van der Waals surface area contributed by atoms with Crippen LogP contribution in [0.2, 0.25) is 0 Å². The van der Waals surface area contributed by atoms with Gasteiger partial charge in [0.1, 0.15) is 0 Å². The van der Waals surface area contributed by atoms with Gasteiger partial charge in [-0.3, -0.25) is 4.79 Å². The van der Waals surface area contributed by atoms with E-state index < -0.39 is 5.97 Å². The minimum Gasteiger partial charge on any atom is -0.481 e. The van der Waals surface area contributed by atoms with Gasteiger partial charge in [0.15, 0.2) is 0 Å². The summed E-state index contributed by atoms with van der Waals surface area (Å²) < 4.78 is 0. The summed E-state index contributed by atoms with van der Waals surface area (Å²) in [7, 11) is 0. The molecule has 8 heteroatoms. The Morgan fingerprint density at radius 2 is 2.06 bits per heavy atom. The fourth-order valence-electron chi connectivity index (χ4n) is 2.26. The van der Waals surface area contributed by atoms with Crippen LogP contribution in [0.15, 0.2) is 0 Å². The lowest BCUT2D eigenvalue weighted by Crippen LogP contribution is -2.36. The van der Waals surface area contributed by atoms with Gasteiger partial charge >= 0.3 is 12.0 Å². The summed E-state index contributed by atoms with van der Waals surface area (Å²) in [6.07, 6.45) is 2.88. The molecule has 2 aliphatic heterocycles. The van der Waals surface area contributed by atoms with Crippen LogP contribution in [0.3, 0.4) is 0 Å². The number of carboxylic acids is 1. The van der Waals surface area contributed by atoms with E-state index in [0.29, 0.717) is 5.25 Å². The van der Waals surface area contributed by atoms with Crippen molar-refractivity contribution in [2.45, 2.75) is 43.0 Å². The number of aliphatic carboxylic acids is 1. The smallest absolute Gasteiger partial charge is 0.315 e. The average molecular weight is 276 g/mol. The Bertz CT molecular complexity index is 315. The second kappa shape index (κ2) is 7.20. The molecule has 2 fully saturated rings. The maximum atomic E-state index is 11.1. The molecule has 2 heterocycles. The Balaban J connectivity index is 0.000000771. The number of unbranched alkanes of at least 4 members (excludes halogenated alkanes) is 1. The van der Waals surface area contributed by atoms with Crippen LogP contribution < -0.4 is 10.6 Å². The predicted molar refractivity (Wildman–Crippen MR) is 68.3 cm³/mol. The molecule has 0 unspecified atom stereocenters. The molecule has 0 aromatic rings.